The van der Waals surface area contributed by atoms with Crippen LogP contribution in [0.5, 0.6) is 5.88 Å². The van der Waals surface area contributed by atoms with Gasteiger partial charge in [-0.05, 0) is 55.3 Å². The molecule has 8 nitrogen and oxygen atoms in total. The largest absolute Gasteiger partial charge is 0.466 e. The highest BCUT2D eigenvalue weighted by Gasteiger charge is 2.19. The first kappa shape index (κ1) is 23.2. The van der Waals surface area contributed by atoms with Gasteiger partial charge in [-0.2, -0.15) is 0 Å². The highest BCUT2D eigenvalue weighted by atomic mass is 19.1. The Morgan fingerprint density at radius 1 is 1.08 bits per heavy atom. The molecule has 0 aliphatic carbocycles. The summed E-state index contributed by atoms with van der Waals surface area (Å²) in [4.78, 5) is 22.1. The summed E-state index contributed by atoms with van der Waals surface area (Å²) in [5.41, 5.74) is 4.83. The van der Waals surface area contributed by atoms with Crippen molar-refractivity contribution in [2.45, 2.75) is 20.4 Å². The Hall–Kier alpha value is -4.53. The second-order valence-electron chi connectivity index (χ2n) is 8.61. The molecule has 0 saturated carbocycles. The number of carbonyl (C=O) groups excluding carboxylic acids is 1. The molecule has 5 rings (SSSR count). The smallest absolute Gasteiger partial charge is 0.263 e. The minimum Gasteiger partial charge on any atom is -0.466 e. The molecule has 182 valence electrons. The van der Waals surface area contributed by atoms with Crippen LogP contribution in [0, 0.1) is 19.7 Å². The number of hydrogen-bond donors (Lipinski definition) is 1. The lowest BCUT2D eigenvalue weighted by Gasteiger charge is -2.12. The molecule has 2 aromatic carbocycles. The average Bonchev–Trinajstić information content (AvgIpc) is 3.39. The predicted molar refractivity (Wildman–Crippen MR) is 135 cm³/mol. The first-order chi connectivity index (χ1) is 17.4. The van der Waals surface area contributed by atoms with Crippen molar-refractivity contribution >= 4 is 22.8 Å². The molecule has 0 fully saturated rings. The van der Waals surface area contributed by atoms with E-state index in [9.17, 15) is 9.18 Å². The molecule has 1 amide bonds. The van der Waals surface area contributed by atoms with Gasteiger partial charge in [0.25, 0.3) is 5.91 Å². The molecular weight excluding hydrogens is 459 g/mol. The quantitative estimate of drug-likeness (QED) is 0.363. The van der Waals surface area contributed by atoms with Gasteiger partial charge in [0.05, 0.1) is 18.3 Å². The number of nitrogens with zero attached hydrogens (tertiary/aromatic N) is 5. The molecule has 0 unspecified atom stereocenters. The van der Waals surface area contributed by atoms with Crippen LogP contribution in [0.3, 0.4) is 0 Å². The lowest BCUT2D eigenvalue weighted by molar-refractivity contribution is -0.118. The fourth-order valence-electron chi connectivity index (χ4n) is 4.18. The monoisotopic (exact) mass is 484 g/mol. The van der Waals surface area contributed by atoms with Crippen LogP contribution in [0.25, 0.3) is 22.3 Å². The summed E-state index contributed by atoms with van der Waals surface area (Å²) in [5, 5.41) is 8.12. The van der Waals surface area contributed by atoms with E-state index < -0.39 is 0 Å². The summed E-state index contributed by atoms with van der Waals surface area (Å²) in [5.74, 6) is 0.135. The van der Waals surface area contributed by atoms with Gasteiger partial charge in [-0.25, -0.2) is 19.0 Å². The molecule has 1 N–H and O–H groups in total. The fourth-order valence-corrected chi connectivity index (χ4v) is 4.18. The zero-order valence-electron chi connectivity index (χ0n) is 20.2. The number of benzene rings is 2. The number of carbonyl (C=O) groups is 1. The first-order valence-electron chi connectivity index (χ1n) is 11.5. The van der Waals surface area contributed by atoms with E-state index in [0.29, 0.717) is 35.1 Å². The van der Waals surface area contributed by atoms with Gasteiger partial charge in [0.15, 0.2) is 12.3 Å². The molecule has 3 aromatic heterocycles. The van der Waals surface area contributed by atoms with E-state index in [-0.39, 0.29) is 18.3 Å². The molecule has 0 aliphatic rings. The Labute approximate surface area is 207 Å². The summed E-state index contributed by atoms with van der Waals surface area (Å²) in [6.45, 7) is 4.13. The van der Waals surface area contributed by atoms with E-state index in [1.54, 1.807) is 30.2 Å². The van der Waals surface area contributed by atoms with Crippen molar-refractivity contribution in [3.63, 3.8) is 0 Å². The molecule has 36 heavy (non-hydrogen) atoms. The van der Waals surface area contributed by atoms with Gasteiger partial charge in [-0.1, -0.05) is 30.3 Å². The highest BCUT2D eigenvalue weighted by molar-refractivity contribution is 5.95. The van der Waals surface area contributed by atoms with Crippen molar-refractivity contribution in [1.82, 2.24) is 24.3 Å². The minimum absolute atomic E-state index is 0.251. The Bertz CT molecular complexity index is 1540. The van der Waals surface area contributed by atoms with Crippen LogP contribution in [0.2, 0.25) is 0 Å². The number of ether oxygens (including phenoxy) is 1. The highest BCUT2D eigenvalue weighted by Crippen LogP contribution is 2.29. The van der Waals surface area contributed by atoms with Crippen LogP contribution in [0.1, 0.15) is 16.8 Å². The van der Waals surface area contributed by atoms with Gasteiger partial charge in [0.2, 0.25) is 5.88 Å². The van der Waals surface area contributed by atoms with Crippen molar-refractivity contribution in [2.24, 2.45) is 7.05 Å². The minimum atomic E-state index is -0.371. The van der Waals surface area contributed by atoms with Gasteiger partial charge < -0.3 is 14.6 Å². The van der Waals surface area contributed by atoms with Gasteiger partial charge in [0.1, 0.15) is 17.3 Å². The maximum Gasteiger partial charge on any atom is 0.263 e. The van der Waals surface area contributed by atoms with E-state index >= 15 is 0 Å². The van der Waals surface area contributed by atoms with Crippen molar-refractivity contribution < 1.29 is 13.9 Å². The standard InChI is InChI=1S/C27H25FN6O2/c1-17-13-18(2)30-25-23(17)27(32-33(25)3)36-15-22(35)31-26-24(20-9-11-21(28)12-10-20)29-16-34(26)14-19-7-5-4-6-8-19/h4-13,16H,14-15H2,1-3H3,(H,31,35). The molecule has 0 spiro atoms. The molecule has 3 heterocycles. The number of nitrogens with one attached hydrogen (secondary N) is 1. The van der Waals surface area contributed by atoms with E-state index in [1.165, 1.54) is 12.1 Å². The molecule has 0 atom stereocenters. The molecule has 5 aromatic rings. The number of hydrogen-bond acceptors (Lipinski definition) is 5. The number of amides is 1. The number of rotatable bonds is 7. The third-order valence-corrected chi connectivity index (χ3v) is 5.84. The van der Waals surface area contributed by atoms with E-state index in [2.05, 4.69) is 20.4 Å². The maximum absolute atomic E-state index is 13.5. The lowest BCUT2D eigenvalue weighted by Crippen LogP contribution is -2.22. The van der Waals surface area contributed by atoms with Gasteiger partial charge in [-0.15, -0.1) is 5.10 Å². The number of fused-ring (bicyclic) bond motifs is 1. The van der Waals surface area contributed by atoms with Crippen molar-refractivity contribution in [3.05, 3.63) is 89.6 Å². The second kappa shape index (κ2) is 9.61. The number of aromatic nitrogens is 5. The molecule has 0 aliphatic heterocycles. The van der Waals surface area contributed by atoms with Crippen LogP contribution in [-0.4, -0.2) is 36.8 Å². The maximum atomic E-state index is 13.5. The van der Waals surface area contributed by atoms with Crippen LogP contribution < -0.4 is 10.1 Å². The van der Waals surface area contributed by atoms with Crippen LogP contribution in [0.4, 0.5) is 10.2 Å². The number of pyridine rings is 1. The third-order valence-electron chi connectivity index (χ3n) is 5.84. The summed E-state index contributed by atoms with van der Waals surface area (Å²) in [6, 6.07) is 17.8. The van der Waals surface area contributed by atoms with Gasteiger partial charge >= 0.3 is 0 Å². The van der Waals surface area contributed by atoms with Gasteiger partial charge in [-0.3, -0.25) is 4.79 Å². The number of anilines is 1. The summed E-state index contributed by atoms with van der Waals surface area (Å²) in [6.07, 6.45) is 1.66. The number of halogens is 1. The Morgan fingerprint density at radius 2 is 1.83 bits per heavy atom. The molecule has 9 heteroatoms. The fraction of sp³-hybridized carbons (Fsp3) is 0.185. The average molecular weight is 485 g/mol. The molecule has 0 saturated heterocycles. The molecular formula is C27H25FN6O2. The third kappa shape index (κ3) is 4.68. The van der Waals surface area contributed by atoms with Crippen LogP contribution in [0.15, 0.2) is 67.0 Å². The Kier molecular flexibility index (Phi) is 6.20. The van der Waals surface area contributed by atoms with E-state index in [0.717, 1.165) is 22.2 Å². The molecule has 0 radical (unpaired) electrons. The topological polar surface area (TPSA) is 86.9 Å². The normalized spacial score (nSPS) is 11.1. The summed E-state index contributed by atoms with van der Waals surface area (Å²) in [7, 11) is 1.79. The summed E-state index contributed by atoms with van der Waals surface area (Å²) < 4.78 is 22.8. The van der Waals surface area contributed by atoms with Crippen molar-refractivity contribution in [3.8, 4) is 17.1 Å². The zero-order chi connectivity index (χ0) is 25.2. The number of imidazole rings is 1. The van der Waals surface area contributed by atoms with Crippen LogP contribution >= 0.6 is 0 Å². The van der Waals surface area contributed by atoms with Crippen molar-refractivity contribution in [1.29, 1.82) is 0 Å². The lowest BCUT2D eigenvalue weighted by atomic mass is 10.1. The zero-order valence-corrected chi connectivity index (χ0v) is 20.2. The van der Waals surface area contributed by atoms with Gasteiger partial charge in [0, 0.05) is 18.3 Å². The summed E-state index contributed by atoms with van der Waals surface area (Å²) >= 11 is 0. The van der Waals surface area contributed by atoms with E-state index in [4.69, 9.17) is 4.74 Å². The van der Waals surface area contributed by atoms with Crippen LogP contribution in [-0.2, 0) is 18.4 Å². The van der Waals surface area contributed by atoms with Crippen molar-refractivity contribution in [2.75, 3.05) is 11.9 Å². The Balaban J connectivity index is 1.40. The molecule has 0 bridgehead atoms. The van der Waals surface area contributed by atoms with E-state index in [1.807, 2.05) is 54.8 Å². The Morgan fingerprint density at radius 3 is 2.58 bits per heavy atom. The second-order valence-corrected chi connectivity index (χ2v) is 8.61. The number of aryl methyl sites for hydroxylation is 3. The first-order valence-corrected chi connectivity index (χ1v) is 11.5. The SMILES string of the molecule is Cc1cc(C)c2c(OCC(=O)Nc3c(-c4ccc(F)cc4)ncn3Cc3ccccc3)nn(C)c2n1. The predicted octanol–water partition coefficient (Wildman–Crippen LogP) is 4.65.